The molecular formula is C17H25N3O. The Bertz CT molecular complexity index is 635. The van der Waals surface area contributed by atoms with Gasteiger partial charge >= 0.3 is 0 Å². The highest BCUT2D eigenvalue weighted by Crippen LogP contribution is 2.22. The van der Waals surface area contributed by atoms with Gasteiger partial charge in [-0.2, -0.15) is 5.10 Å². The summed E-state index contributed by atoms with van der Waals surface area (Å²) in [7, 11) is 0. The number of aromatic nitrogens is 2. The molecule has 0 bridgehead atoms. The van der Waals surface area contributed by atoms with Crippen LogP contribution in [0.4, 0.5) is 0 Å². The lowest BCUT2D eigenvalue weighted by atomic mass is 10.1. The van der Waals surface area contributed by atoms with Gasteiger partial charge in [-0.3, -0.25) is 4.68 Å². The van der Waals surface area contributed by atoms with Gasteiger partial charge in [0.1, 0.15) is 11.5 Å². The third-order valence-corrected chi connectivity index (χ3v) is 4.39. The smallest absolute Gasteiger partial charge is 0.126 e. The molecule has 1 N–H and O–H groups in total. The fourth-order valence-corrected chi connectivity index (χ4v) is 2.92. The van der Waals surface area contributed by atoms with Crippen LogP contribution in [0.25, 0.3) is 0 Å². The Morgan fingerprint density at radius 1 is 1.33 bits per heavy atom. The van der Waals surface area contributed by atoms with E-state index in [1.807, 2.05) is 0 Å². The quantitative estimate of drug-likeness (QED) is 0.886. The van der Waals surface area contributed by atoms with Crippen LogP contribution >= 0.6 is 0 Å². The molecule has 0 aromatic carbocycles. The molecule has 0 atom stereocenters. The molecule has 2 heterocycles. The first-order valence-electron chi connectivity index (χ1n) is 7.93. The summed E-state index contributed by atoms with van der Waals surface area (Å²) in [5.41, 5.74) is 4.97. The summed E-state index contributed by atoms with van der Waals surface area (Å²) in [6.07, 6.45) is 3.64. The number of aryl methyl sites for hydroxylation is 2. The van der Waals surface area contributed by atoms with Crippen molar-refractivity contribution in [1.29, 1.82) is 0 Å². The average molecular weight is 287 g/mol. The molecule has 0 unspecified atom stereocenters. The maximum absolute atomic E-state index is 6.01. The van der Waals surface area contributed by atoms with Gasteiger partial charge in [-0.1, -0.05) is 6.92 Å². The van der Waals surface area contributed by atoms with Crippen molar-refractivity contribution in [2.75, 3.05) is 0 Å². The predicted molar refractivity (Wildman–Crippen MR) is 83.5 cm³/mol. The van der Waals surface area contributed by atoms with Gasteiger partial charge in [0.05, 0.1) is 18.8 Å². The Labute approximate surface area is 126 Å². The lowest BCUT2D eigenvalue weighted by Crippen LogP contribution is -2.15. The van der Waals surface area contributed by atoms with E-state index in [1.165, 1.54) is 29.7 Å². The molecule has 4 heteroatoms. The zero-order valence-electron chi connectivity index (χ0n) is 13.5. The SMILES string of the molecule is CCc1c(C)nn(Cc2cc(C)c(CNC3CC3)o2)c1C. The van der Waals surface area contributed by atoms with Crippen LogP contribution < -0.4 is 5.32 Å². The summed E-state index contributed by atoms with van der Waals surface area (Å²) in [5, 5.41) is 8.15. The minimum absolute atomic E-state index is 0.709. The monoisotopic (exact) mass is 287 g/mol. The third-order valence-electron chi connectivity index (χ3n) is 4.39. The average Bonchev–Trinajstić information content (AvgIpc) is 3.15. The van der Waals surface area contributed by atoms with E-state index >= 15 is 0 Å². The van der Waals surface area contributed by atoms with Crippen LogP contribution in [0.5, 0.6) is 0 Å². The summed E-state index contributed by atoms with van der Waals surface area (Å²) in [4.78, 5) is 0. The maximum Gasteiger partial charge on any atom is 0.126 e. The van der Waals surface area contributed by atoms with Crippen LogP contribution in [0.15, 0.2) is 10.5 Å². The van der Waals surface area contributed by atoms with Crippen LogP contribution in [0.3, 0.4) is 0 Å². The predicted octanol–water partition coefficient (Wildman–Crippen LogP) is 3.26. The lowest BCUT2D eigenvalue weighted by Gasteiger charge is -2.03. The molecule has 0 spiro atoms. The fourth-order valence-electron chi connectivity index (χ4n) is 2.92. The largest absolute Gasteiger partial charge is 0.462 e. The molecule has 1 aliphatic carbocycles. The van der Waals surface area contributed by atoms with E-state index in [0.29, 0.717) is 6.04 Å². The van der Waals surface area contributed by atoms with Gasteiger partial charge < -0.3 is 9.73 Å². The number of hydrogen-bond acceptors (Lipinski definition) is 3. The molecule has 0 aliphatic heterocycles. The van der Waals surface area contributed by atoms with Crippen LogP contribution in [0.1, 0.15) is 53.8 Å². The molecule has 2 aromatic heterocycles. The van der Waals surface area contributed by atoms with E-state index in [9.17, 15) is 0 Å². The van der Waals surface area contributed by atoms with Crippen molar-refractivity contribution in [3.8, 4) is 0 Å². The number of nitrogens with one attached hydrogen (secondary N) is 1. The van der Waals surface area contributed by atoms with Crippen LogP contribution in [-0.2, 0) is 19.5 Å². The molecule has 0 radical (unpaired) electrons. The Morgan fingerprint density at radius 2 is 2.10 bits per heavy atom. The first-order chi connectivity index (χ1) is 10.1. The Balaban J connectivity index is 1.73. The zero-order chi connectivity index (χ0) is 15.0. The molecule has 2 aromatic rings. The second-order valence-corrected chi connectivity index (χ2v) is 6.13. The van der Waals surface area contributed by atoms with Gasteiger partial charge in [-0.25, -0.2) is 0 Å². The summed E-state index contributed by atoms with van der Waals surface area (Å²) in [6.45, 7) is 10.1. The molecule has 21 heavy (non-hydrogen) atoms. The van der Waals surface area contributed by atoms with Crippen molar-refractivity contribution in [3.63, 3.8) is 0 Å². The van der Waals surface area contributed by atoms with Gasteiger partial charge in [0.2, 0.25) is 0 Å². The molecule has 114 valence electrons. The summed E-state index contributed by atoms with van der Waals surface area (Å²) in [6, 6.07) is 2.85. The minimum atomic E-state index is 0.709. The number of furan rings is 1. The van der Waals surface area contributed by atoms with Crippen LogP contribution in [-0.4, -0.2) is 15.8 Å². The zero-order valence-corrected chi connectivity index (χ0v) is 13.5. The van der Waals surface area contributed by atoms with Gasteiger partial charge in [0, 0.05) is 11.7 Å². The van der Waals surface area contributed by atoms with Crippen molar-refractivity contribution in [1.82, 2.24) is 15.1 Å². The highest BCUT2D eigenvalue weighted by molar-refractivity contribution is 5.26. The van der Waals surface area contributed by atoms with Gasteiger partial charge in [0.15, 0.2) is 0 Å². The second kappa shape index (κ2) is 5.68. The van der Waals surface area contributed by atoms with E-state index in [-0.39, 0.29) is 0 Å². The van der Waals surface area contributed by atoms with Crippen molar-refractivity contribution >= 4 is 0 Å². The highest BCUT2D eigenvalue weighted by atomic mass is 16.3. The molecule has 1 aliphatic rings. The first-order valence-corrected chi connectivity index (χ1v) is 7.93. The van der Waals surface area contributed by atoms with Crippen molar-refractivity contribution in [3.05, 3.63) is 40.1 Å². The number of hydrogen-bond donors (Lipinski definition) is 1. The van der Waals surface area contributed by atoms with Gasteiger partial charge in [-0.15, -0.1) is 0 Å². The summed E-state index contributed by atoms with van der Waals surface area (Å²) in [5.74, 6) is 2.06. The molecule has 4 nitrogen and oxygen atoms in total. The van der Waals surface area contributed by atoms with Crippen molar-refractivity contribution in [2.45, 2.75) is 66.1 Å². The van der Waals surface area contributed by atoms with Crippen molar-refractivity contribution < 1.29 is 4.42 Å². The molecule has 0 amide bonds. The third kappa shape index (κ3) is 3.05. The number of nitrogens with zero attached hydrogens (tertiary/aromatic N) is 2. The summed E-state index contributed by atoms with van der Waals surface area (Å²) < 4.78 is 8.07. The first kappa shape index (κ1) is 14.4. The second-order valence-electron chi connectivity index (χ2n) is 6.13. The van der Waals surface area contributed by atoms with E-state index in [4.69, 9.17) is 4.42 Å². The van der Waals surface area contributed by atoms with Crippen molar-refractivity contribution in [2.24, 2.45) is 0 Å². The van der Waals surface area contributed by atoms with E-state index in [1.54, 1.807) is 0 Å². The molecule has 1 saturated carbocycles. The molecule has 3 rings (SSSR count). The van der Waals surface area contributed by atoms with E-state index < -0.39 is 0 Å². The van der Waals surface area contributed by atoms with Crippen LogP contribution in [0, 0.1) is 20.8 Å². The Kier molecular flexibility index (Phi) is 3.89. The molecule has 1 fully saturated rings. The van der Waals surface area contributed by atoms with E-state index in [2.05, 4.69) is 48.9 Å². The van der Waals surface area contributed by atoms with E-state index in [0.717, 1.165) is 36.7 Å². The van der Waals surface area contributed by atoms with Gasteiger partial charge in [-0.05, 0) is 57.2 Å². The minimum Gasteiger partial charge on any atom is -0.462 e. The fraction of sp³-hybridized carbons (Fsp3) is 0.588. The molecular weight excluding hydrogens is 262 g/mol. The van der Waals surface area contributed by atoms with Gasteiger partial charge in [0.25, 0.3) is 0 Å². The summed E-state index contributed by atoms with van der Waals surface area (Å²) >= 11 is 0. The Morgan fingerprint density at radius 3 is 2.71 bits per heavy atom. The highest BCUT2D eigenvalue weighted by Gasteiger charge is 2.21. The Hall–Kier alpha value is -1.55. The number of rotatable bonds is 6. The molecule has 0 saturated heterocycles. The normalized spacial score (nSPS) is 14.9. The van der Waals surface area contributed by atoms with Crippen LogP contribution in [0.2, 0.25) is 0 Å². The maximum atomic E-state index is 6.01. The standard InChI is InChI=1S/C17H25N3O/c1-5-16-12(3)19-20(13(16)4)10-15-8-11(2)17(21-15)9-18-14-6-7-14/h8,14,18H,5-7,9-10H2,1-4H3. The lowest BCUT2D eigenvalue weighted by molar-refractivity contribution is 0.426. The topological polar surface area (TPSA) is 43.0 Å².